The topological polar surface area (TPSA) is 33.7 Å². The van der Waals surface area contributed by atoms with Gasteiger partial charge in [0.05, 0.1) is 19.3 Å². The van der Waals surface area contributed by atoms with E-state index in [1.807, 2.05) is 0 Å². The van der Waals surface area contributed by atoms with Gasteiger partial charge in [0.1, 0.15) is 0 Å². The fourth-order valence-corrected chi connectivity index (χ4v) is 2.99. The van der Waals surface area contributed by atoms with Gasteiger partial charge in [-0.15, -0.1) is 0 Å². The summed E-state index contributed by atoms with van der Waals surface area (Å²) in [5.74, 6) is 0. The van der Waals surface area contributed by atoms with Gasteiger partial charge < -0.3 is 19.7 Å². The van der Waals surface area contributed by atoms with Crippen LogP contribution in [-0.2, 0) is 16.0 Å². The first kappa shape index (κ1) is 14.8. The minimum Gasteiger partial charge on any atom is -0.378 e. The average Bonchev–Trinajstić information content (AvgIpc) is 2.57. The van der Waals surface area contributed by atoms with Crippen molar-refractivity contribution in [3.8, 4) is 0 Å². The fourth-order valence-electron chi connectivity index (χ4n) is 2.99. The quantitative estimate of drug-likeness (QED) is 0.901. The third-order valence-corrected chi connectivity index (χ3v) is 4.29. The number of rotatable bonds is 5. The second-order valence-corrected chi connectivity index (χ2v) is 5.89. The highest BCUT2D eigenvalue weighted by atomic mass is 16.5. The zero-order valence-electron chi connectivity index (χ0n) is 12.7. The van der Waals surface area contributed by atoms with E-state index in [9.17, 15) is 0 Å². The van der Waals surface area contributed by atoms with Crippen LogP contribution in [0, 0.1) is 0 Å². The Morgan fingerprint density at radius 1 is 1.05 bits per heavy atom. The highest BCUT2D eigenvalue weighted by Crippen LogP contribution is 2.17. The summed E-state index contributed by atoms with van der Waals surface area (Å²) in [6.07, 6.45) is 4.13. The number of morpholine rings is 1. The van der Waals surface area contributed by atoms with Gasteiger partial charge >= 0.3 is 0 Å². The molecule has 0 aliphatic carbocycles. The van der Waals surface area contributed by atoms with Crippen molar-refractivity contribution in [3.05, 3.63) is 29.8 Å². The molecule has 2 heterocycles. The Hall–Kier alpha value is -1.10. The molecule has 21 heavy (non-hydrogen) atoms. The monoisotopic (exact) mass is 290 g/mol. The van der Waals surface area contributed by atoms with E-state index < -0.39 is 0 Å². The molecule has 0 bridgehead atoms. The summed E-state index contributed by atoms with van der Waals surface area (Å²) in [6, 6.07) is 8.89. The molecular formula is C17H26N2O2. The highest BCUT2D eigenvalue weighted by Gasteiger charge is 2.13. The third kappa shape index (κ3) is 4.43. The molecule has 4 nitrogen and oxygen atoms in total. The average molecular weight is 290 g/mol. The van der Waals surface area contributed by atoms with Crippen LogP contribution < -0.4 is 10.2 Å². The van der Waals surface area contributed by atoms with E-state index in [2.05, 4.69) is 34.5 Å². The molecule has 0 spiro atoms. The van der Waals surface area contributed by atoms with Crippen LogP contribution in [0.3, 0.4) is 0 Å². The van der Waals surface area contributed by atoms with Crippen LogP contribution >= 0.6 is 0 Å². The molecular weight excluding hydrogens is 264 g/mol. The summed E-state index contributed by atoms with van der Waals surface area (Å²) in [4.78, 5) is 2.39. The molecule has 0 radical (unpaired) electrons. The molecule has 3 rings (SSSR count). The Balaban J connectivity index is 1.43. The third-order valence-electron chi connectivity index (χ3n) is 4.29. The van der Waals surface area contributed by atoms with E-state index in [0.29, 0.717) is 6.10 Å². The number of hydrogen-bond donors (Lipinski definition) is 1. The number of nitrogens with zero attached hydrogens (tertiary/aromatic N) is 1. The predicted molar refractivity (Wildman–Crippen MR) is 84.8 cm³/mol. The Kier molecular flexibility index (Phi) is 5.49. The lowest BCUT2D eigenvalue weighted by Gasteiger charge is -2.29. The SMILES string of the molecule is c1cc(N2CCOCC2)ccc1CNCC1CCCCO1. The largest absolute Gasteiger partial charge is 0.378 e. The smallest absolute Gasteiger partial charge is 0.0699 e. The van der Waals surface area contributed by atoms with Gasteiger partial charge in [-0.05, 0) is 37.0 Å². The summed E-state index contributed by atoms with van der Waals surface area (Å²) >= 11 is 0. The van der Waals surface area contributed by atoms with Crippen LogP contribution in [0.1, 0.15) is 24.8 Å². The van der Waals surface area contributed by atoms with Crippen LogP contribution in [0.2, 0.25) is 0 Å². The second-order valence-electron chi connectivity index (χ2n) is 5.89. The second kappa shape index (κ2) is 7.78. The maximum absolute atomic E-state index is 5.73. The number of hydrogen-bond acceptors (Lipinski definition) is 4. The lowest BCUT2D eigenvalue weighted by molar-refractivity contribution is 0.0168. The summed E-state index contributed by atoms with van der Waals surface area (Å²) in [5, 5.41) is 3.51. The predicted octanol–water partition coefficient (Wildman–Crippen LogP) is 2.18. The van der Waals surface area contributed by atoms with Crippen molar-refractivity contribution in [1.82, 2.24) is 5.32 Å². The molecule has 1 atom stereocenters. The number of anilines is 1. The van der Waals surface area contributed by atoms with Gasteiger partial charge in [0.25, 0.3) is 0 Å². The highest BCUT2D eigenvalue weighted by molar-refractivity contribution is 5.47. The molecule has 2 saturated heterocycles. The van der Waals surface area contributed by atoms with E-state index in [1.54, 1.807) is 0 Å². The Bertz CT molecular complexity index is 409. The number of benzene rings is 1. The zero-order chi connectivity index (χ0) is 14.3. The summed E-state index contributed by atoms with van der Waals surface area (Å²) in [7, 11) is 0. The van der Waals surface area contributed by atoms with Crippen LogP contribution in [0.5, 0.6) is 0 Å². The Morgan fingerprint density at radius 2 is 1.86 bits per heavy atom. The van der Waals surface area contributed by atoms with E-state index in [-0.39, 0.29) is 0 Å². The van der Waals surface area contributed by atoms with Gasteiger partial charge in [-0.1, -0.05) is 12.1 Å². The van der Waals surface area contributed by atoms with Crippen LogP contribution in [0.4, 0.5) is 5.69 Å². The molecule has 2 aliphatic rings. The van der Waals surface area contributed by atoms with Crippen molar-refractivity contribution >= 4 is 5.69 Å². The summed E-state index contributed by atoms with van der Waals surface area (Å²) in [6.45, 7) is 6.48. The zero-order valence-corrected chi connectivity index (χ0v) is 12.7. The van der Waals surface area contributed by atoms with Gasteiger partial charge in [0, 0.05) is 38.5 Å². The van der Waals surface area contributed by atoms with Gasteiger partial charge in [-0.25, -0.2) is 0 Å². The normalized spacial score (nSPS) is 23.2. The van der Waals surface area contributed by atoms with Gasteiger partial charge in [-0.2, -0.15) is 0 Å². The van der Waals surface area contributed by atoms with Gasteiger partial charge in [-0.3, -0.25) is 0 Å². The fraction of sp³-hybridized carbons (Fsp3) is 0.647. The number of nitrogens with one attached hydrogen (secondary N) is 1. The Labute approximate surface area is 127 Å². The summed E-state index contributed by atoms with van der Waals surface area (Å²) < 4.78 is 11.1. The van der Waals surface area contributed by atoms with Crippen molar-refractivity contribution in [2.24, 2.45) is 0 Å². The standard InChI is InChI=1S/C17H26N2O2/c1-2-10-21-17(3-1)14-18-13-15-4-6-16(7-5-15)19-8-11-20-12-9-19/h4-7,17-18H,1-3,8-14H2. The van der Waals surface area contributed by atoms with E-state index in [1.165, 1.54) is 30.5 Å². The first-order valence-electron chi connectivity index (χ1n) is 8.16. The van der Waals surface area contributed by atoms with Crippen LogP contribution in [-0.4, -0.2) is 45.6 Å². The molecule has 1 aromatic carbocycles. The van der Waals surface area contributed by atoms with Crippen molar-refractivity contribution in [3.63, 3.8) is 0 Å². The van der Waals surface area contributed by atoms with Crippen molar-refractivity contribution in [1.29, 1.82) is 0 Å². The minimum atomic E-state index is 0.409. The molecule has 0 amide bonds. The summed E-state index contributed by atoms with van der Waals surface area (Å²) in [5.41, 5.74) is 2.64. The maximum Gasteiger partial charge on any atom is 0.0699 e. The molecule has 1 N–H and O–H groups in total. The molecule has 0 aromatic heterocycles. The first-order valence-corrected chi connectivity index (χ1v) is 8.16. The molecule has 2 fully saturated rings. The van der Waals surface area contributed by atoms with Crippen molar-refractivity contribution in [2.45, 2.75) is 31.9 Å². The molecule has 1 aromatic rings. The molecule has 2 aliphatic heterocycles. The minimum absolute atomic E-state index is 0.409. The maximum atomic E-state index is 5.73. The molecule has 1 unspecified atom stereocenters. The number of ether oxygens (including phenoxy) is 2. The van der Waals surface area contributed by atoms with E-state index >= 15 is 0 Å². The lowest BCUT2D eigenvalue weighted by Crippen LogP contribution is -2.36. The van der Waals surface area contributed by atoms with Crippen LogP contribution in [0.25, 0.3) is 0 Å². The van der Waals surface area contributed by atoms with Crippen molar-refractivity contribution < 1.29 is 9.47 Å². The molecule has 4 heteroatoms. The first-order chi connectivity index (χ1) is 10.4. The van der Waals surface area contributed by atoms with Crippen molar-refractivity contribution in [2.75, 3.05) is 44.4 Å². The Morgan fingerprint density at radius 3 is 2.57 bits per heavy atom. The molecule has 0 saturated carbocycles. The lowest BCUT2D eigenvalue weighted by atomic mass is 10.1. The van der Waals surface area contributed by atoms with Gasteiger partial charge in [0.2, 0.25) is 0 Å². The van der Waals surface area contributed by atoms with Gasteiger partial charge in [0.15, 0.2) is 0 Å². The van der Waals surface area contributed by atoms with E-state index in [0.717, 1.165) is 46.0 Å². The molecule has 116 valence electrons. The van der Waals surface area contributed by atoms with Crippen LogP contribution in [0.15, 0.2) is 24.3 Å². The van der Waals surface area contributed by atoms with E-state index in [4.69, 9.17) is 9.47 Å².